The van der Waals surface area contributed by atoms with E-state index in [0.29, 0.717) is 17.9 Å². The molecule has 21 heavy (non-hydrogen) atoms. The van der Waals surface area contributed by atoms with Gasteiger partial charge in [-0.25, -0.2) is 0 Å². The van der Waals surface area contributed by atoms with Crippen LogP contribution in [-0.2, 0) is 5.54 Å². The summed E-state index contributed by atoms with van der Waals surface area (Å²) >= 11 is 0. The molecular formula is C13H14F3N3O2. The van der Waals surface area contributed by atoms with Crippen LogP contribution in [0.25, 0.3) is 11.4 Å². The molecule has 0 saturated carbocycles. The minimum absolute atomic E-state index is 0.0208. The molecule has 0 fully saturated rings. The number of alkyl halides is 3. The number of hydrogen-bond acceptors (Lipinski definition) is 5. The van der Waals surface area contributed by atoms with Gasteiger partial charge in [0.25, 0.3) is 5.89 Å². The second-order valence-electron chi connectivity index (χ2n) is 4.58. The van der Waals surface area contributed by atoms with Gasteiger partial charge in [-0.15, -0.1) is 0 Å². The number of hydrogen-bond donors (Lipinski definition) is 1. The first-order valence-electron chi connectivity index (χ1n) is 6.18. The maximum absolute atomic E-state index is 12.8. The summed E-state index contributed by atoms with van der Waals surface area (Å²) in [5, 5.41) is 3.55. The van der Waals surface area contributed by atoms with Crippen molar-refractivity contribution in [3.63, 3.8) is 0 Å². The molecule has 5 nitrogen and oxygen atoms in total. The zero-order valence-corrected chi connectivity index (χ0v) is 11.4. The highest BCUT2D eigenvalue weighted by atomic mass is 19.4. The Kier molecular flexibility index (Phi) is 3.91. The lowest BCUT2D eigenvalue weighted by molar-refractivity contribution is -0.190. The molecule has 2 N–H and O–H groups in total. The van der Waals surface area contributed by atoms with Crippen LogP contribution < -0.4 is 10.5 Å². The van der Waals surface area contributed by atoms with Crippen molar-refractivity contribution in [2.24, 2.45) is 5.73 Å². The summed E-state index contributed by atoms with van der Waals surface area (Å²) in [5.74, 6) is -0.105. The van der Waals surface area contributed by atoms with Crippen LogP contribution in [0.15, 0.2) is 28.8 Å². The second-order valence-corrected chi connectivity index (χ2v) is 4.58. The molecule has 0 radical (unpaired) electrons. The molecule has 1 aromatic carbocycles. The number of aromatic nitrogens is 2. The summed E-state index contributed by atoms with van der Waals surface area (Å²) in [6.07, 6.45) is -4.69. The normalized spacial score (nSPS) is 14.8. The Morgan fingerprint density at radius 2 is 2.05 bits per heavy atom. The molecule has 0 saturated heterocycles. The number of nitrogens with zero attached hydrogens (tertiary/aromatic N) is 2. The van der Waals surface area contributed by atoms with Crippen molar-refractivity contribution in [1.29, 1.82) is 0 Å². The van der Waals surface area contributed by atoms with Gasteiger partial charge < -0.3 is 15.0 Å². The van der Waals surface area contributed by atoms with Crippen LogP contribution in [0.2, 0.25) is 0 Å². The molecule has 0 aliphatic carbocycles. The molecule has 0 bridgehead atoms. The van der Waals surface area contributed by atoms with Gasteiger partial charge in [0.05, 0.1) is 6.61 Å². The summed E-state index contributed by atoms with van der Waals surface area (Å²) in [4.78, 5) is 3.74. The van der Waals surface area contributed by atoms with Gasteiger partial charge in [-0.3, -0.25) is 0 Å². The van der Waals surface area contributed by atoms with Crippen LogP contribution in [0.5, 0.6) is 5.75 Å². The Bertz CT molecular complexity index is 623. The van der Waals surface area contributed by atoms with Gasteiger partial charge in [0, 0.05) is 5.56 Å². The summed E-state index contributed by atoms with van der Waals surface area (Å²) < 4.78 is 48.4. The fraction of sp³-hybridized carbons (Fsp3) is 0.385. The van der Waals surface area contributed by atoms with Gasteiger partial charge in [0.2, 0.25) is 5.82 Å². The van der Waals surface area contributed by atoms with Gasteiger partial charge in [-0.1, -0.05) is 17.3 Å². The number of halogens is 3. The van der Waals surface area contributed by atoms with Gasteiger partial charge in [0.1, 0.15) is 5.75 Å². The van der Waals surface area contributed by atoms with Crippen LogP contribution in [-0.4, -0.2) is 22.9 Å². The van der Waals surface area contributed by atoms with Crippen LogP contribution >= 0.6 is 0 Å². The molecular weight excluding hydrogens is 287 g/mol. The van der Waals surface area contributed by atoms with Crippen molar-refractivity contribution < 1.29 is 22.4 Å². The smallest absolute Gasteiger partial charge is 0.415 e. The van der Waals surface area contributed by atoms with Gasteiger partial charge in [-0.05, 0) is 26.0 Å². The monoisotopic (exact) mass is 301 g/mol. The summed E-state index contributed by atoms with van der Waals surface area (Å²) in [5.41, 5.74) is 3.02. The van der Waals surface area contributed by atoms with Crippen LogP contribution in [0.4, 0.5) is 13.2 Å². The van der Waals surface area contributed by atoms with E-state index in [9.17, 15) is 13.2 Å². The maximum Gasteiger partial charge on any atom is 0.415 e. The average Bonchev–Trinajstić information content (AvgIpc) is 2.88. The highest BCUT2D eigenvalue weighted by Gasteiger charge is 2.53. The number of ether oxygens (including phenoxy) is 1. The van der Waals surface area contributed by atoms with E-state index in [2.05, 4.69) is 14.7 Å². The summed E-state index contributed by atoms with van der Waals surface area (Å²) in [6, 6.07) is 6.65. The van der Waals surface area contributed by atoms with E-state index in [-0.39, 0.29) is 5.82 Å². The van der Waals surface area contributed by atoms with E-state index < -0.39 is 17.6 Å². The predicted molar refractivity (Wildman–Crippen MR) is 68.5 cm³/mol. The molecule has 0 aliphatic heterocycles. The molecule has 8 heteroatoms. The quantitative estimate of drug-likeness (QED) is 0.940. The molecule has 0 spiro atoms. The maximum atomic E-state index is 12.8. The van der Waals surface area contributed by atoms with E-state index in [1.807, 2.05) is 6.92 Å². The van der Waals surface area contributed by atoms with E-state index in [0.717, 1.165) is 6.92 Å². The lowest BCUT2D eigenvalue weighted by atomic mass is 10.0. The van der Waals surface area contributed by atoms with Crippen molar-refractivity contribution in [3.05, 3.63) is 30.2 Å². The van der Waals surface area contributed by atoms with E-state index in [1.54, 1.807) is 24.3 Å². The van der Waals surface area contributed by atoms with Gasteiger partial charge in [0.15, 0.2) is 5.54 Å². The second kappa shape index (κ2) is 5.36. The molecule has 2 rings (SSSR count). The molecule has 1 unspecified atom stereocenters. The predicted octanol–water partition coefficient (Wildman–Crippen LogP) is 2.87. The van der Waals surface area contributed by atoms with Crippen molar-refractivity contribution in [2.45, 2.75) is 25.6 Å². The van der Waals surface area contributed by atoms with Gasteiger partial charge >= 0.3 is 6.18 Å². The first kappa shape index (κ1) is 15.3. The third-order valence-electron chi connectivity index (χ3n) is 2.86. The van der Waals surface area contributed by atoms with Crippen LogP contribution in [0.3, 0.4) is 0 Å². The Morgan fingerprint density at radius 3 is 2.67 bits per heavy atom. The third kappa shape index (κ3) is 2.99. The van der Waals surface area contributed by atoms with E-state index in [4.69, 9.17) is 10.5 Å². The molecule has 1 aromatic heterocycles. The molecule has 1 heterocycles. The van der Waals surface area contributed by atoms with E-state index in [1.165, 1.54) is 0 Å². The third-order valence-corrected chi connectivity index (χ3v) is 2.86. The lowest BCUT2D eigenvalue weighted by Gasteiger charge is -2.22. The van der Waals surface area contributed by atoms with Crippen molar-refractivity contribution in [3.8, 4) is 17.1 Å². The minimum atomic E-state index is -4.69. The zero-order valence-electron chi connectivity index (χ0n) is 11.4. The van der Waals surface area contributed by atoms with Crippen molar-refractivity contribution in [1.82, 2.24) is 10.1 Å². The molecule has 0 aliphatic rings. The van der Waals surface area contributed by atoms with Crippen molar-refractivity contribution in [2.75, 3.05) is 6.61 Å². The Hall–Kier alpha value is -2.09. The SMILES string of the molecule is CCOc1cccc(-c2noc(C(C)(N)C(F)(F)F)n2)c1. The molecule has 114 valence electrons. The number of nitrogens with two attached hydrogens (primary N) is 1. The number of benzene rings is 1. The highest BCUT2D eigenvalue weighted by molar-refractivity contribution is 5.56. The van der Waals surface area contributed by atoms with Gasteiger partial charge in [-0.2, -0.15) is 18.2 Å². The van der Waals surface area contributed by atoms with Crippen LogP contribution in [0.1, 0.15) is 19.7 Å². The Labute approximate surface area is 118 Å². The Morgan fingerprint density at radius 1 is 1.33 bits per heavy atom. The fourth-order valence-electron chi connectivity index (χ4n) is 1.56. The molecule has 0 amide bonds. The van der Waals surface area contributed by atoms with Crippen molar-refractivity contribution >= 4 is 0 Å². The highest BCUT2D eigenvalue weighted by Crippen LogP contribution is 2.36. The zero-order chi connectivity index (χ0) is 15.7. The fourth-order valence-corrected chi connectivity index (χ4v) is 1.56. The average molecular weight is 301 g/mol. The Balaban J connectivity index is 2.34. The lowest BCUT2D eigenvalue weighted by Crippen LogP contribution is -2.47. The first-order chi connectivity index (χ1) is 9.75. The summed E-state index contributed by atoms with van der Waals surface area (Å²) in [6.45, 7) is 3.07. The minimum Gasteiger partial charge on any atom is -0.494 e. The van der Waals surface area contributed by atoms with E-state index >= 15 is 0 Å². The summed E-state index contributed by atoms with van der Waals surface area (Å²) in [7, 11) is 0. The first-order valence-corrected chi connectivity index (χ1v) is 6.18. The largest absolute Gasteiger partial charge is 0.494 e. The number of rotatable bonds is 4. The topological polar surface area (TPSA) is 74.2 Å². The molecule has 1 atom stereocenters. The van der Waals surface area contributed by atoms with Crippen LogP contribution in [0, 0.1) is 0 Å². The molecule has 2 aromatic rings. The standard InChI is InChI=1S/C13H14F3N3O2/c1-3-20-9-6-4-5-8(7-9)10-18-11(21-19-10)12(2,17)13(14,15)16/h4-7H,3,17H2,1-2H3.